The summed E-state index contributed by atoms with van der Waals surface area (Å²) in [4.78, 5) is 12.5. The zero-order valence-electron chi connectivity index (χ0n) is 12.1. The first-order valence-electron chi connectivity index (χ1n) is 7.10. The third-order valence-electron chi connectivity index (χ3n) is 4.65. The number of sulfone groups is 1. The average Bonchev–Trinajstić information content (AvgIpc) is 2.24. The van der Waals surface area contributed by atoms with Crippen molar-refractivity contribution >= 4 is 23.7 Å². The van der Waals surface area contributed by atoms with E-state index in [1.54, 1.807) is 0 Å². The Morgan fingerprint density at radius 3 is 2.00 bits per heavy atom. The van der Waals surface area contributed by atoms with E-state index in [0.29, 0.717) is 12.8 Å². The van der Waals surface area contributed by atoms with Gasteiger partial charge in [0, 0.05) is 5.92 Å². The van der Waals surface area contributed by atoms with E-state index in [1.807, 2.05) is 0 Å². The van der Waals surface area contributed by atoms with E-state index in [9.17, 15) is 13.2 Å². The lowest BCUT2D eigenvalue weighted by molar-refractivity contribution is -0.119. The number of ketones is 1. The van der Waals surface area contributed by atoms with Crippen LogP contribution >= 0.6 is 0 Å². The number of rotatable bonds is 3. The van der Waals surface area contributed by atoms with Crippen LogP contribution in [0.1, 0.15) is 32.1 Å². The molecule has 2 atom stereocenters. The van der Waals surface area contributed by atoms with E-state index in [4.69, 9.17) is 0 Å². The summed E-state index contributed by atoms with van der Waals surface area (Å²) in [6.07, 6.45) is 3.52. The lowest BCUT2D eigenvalue weighted by Crippen LogP contribution is -2.46. The molecular formula is C14H24O3SSi. The standard InChI is InChI=1S/C14H24O3SSi/c1-10(19(2,3)4)14(15)11-8-12-6-5-7-13(9-11)18(12,16)17/h11-13H,1,5-9H2,2-4H3. The number of allylic oxidation sites excluding steroid dienone is 1. The van der Waals surface area contributed by atoms with Crippen molar-refractivity contribution in [1.82, 2.24) is 0 Å². The van der Waals surface area contributed by atoms with Gasteiger partial charge in [-0.15, -0.1) is 0 Å². The van der Waals surface area contributed by atoms with Gasteiger partial charge in [0.25, 0.3) is 0 Å². The summed E-state index contributed by atoms with van der Waals surface area (Å²) >= 11 is 0. The van der Waals surface area contributed by atoms with Crippen LogP contribution in [0.15, 0.2) is 11.8 Å². The highest BCUT2D eigenvalue weighted by Crippen LogP contribution is 2.40. The lowest BCUT2D eigenvalue weighted by Gasteiger charge is -2.39. The summed E-state index contributed by atoms with van der Waals surface area (Å²) in [6.45, 7) is 10.4. The monoisotopic (exact) mass is 300 g/mol. The first-order chi connectivity index (χ1) is 8.64. The maximum Gasteiger partial charge on any atom is 0.157 e. The second-order valence-electron chi connectivity index (χ2n) is 7.03. The number of carbonyl (C=O) groups excluding carboxylic acids is 1. The van der Waals surface area contributed by atoms with Crippen molar-refractivity contribution in [2.75, 3.05) is 0 Å². The number of Topliss-reactive ketones (excluding diaryl/α,β-unsaturated/α-hetero) is 1. The van der Waals surface area contributed by atoms with Crippen molar-refractivity contribution in [2.24, 2.45) is 5.92 Å². The number of hydrogen-bond donors (Lipinski definition) is 0. The van der Waals surface area contributed by atoms with Crippen LogP contribution in [0.5, 0.6) is 0 Å². The Morgan fingerprint density at radius 2 is 1.58 bits per heavy atom. The van der Waals surface area contributed by atoms with Crippen LogP contribution in [0.2, 0.25) is 19.6 Å². The van der Waals surface area contributed by atoms with E-state index in [1.165, 1.54) is 0 Å². The highest BCUT2D eigenvalue weighted by molar-refractivity contribution is 7.92. The van der Waals surface area contributed by atoms with Gasteiger partial charge in [-0.05, 0) is 30.9 Å². The quantitative estimate of drug-likeness (QED) is 0.595. The van der Waals surface area contributed by atoms with Crippen LogP contribution in [0.25, 0.3) is 0 Å². The molecule has 2 bridgehead atoms. The minimum atomic E-state index is -2.96. The fourth-order valence-electron chi connectivity index (χ4n) is 3.24. The number of carbonyl (C=O) groups is 1. The highest BCUT2D eigenvalue weighted by Gasteiger charge is 2.46. The number of hydrogen-bond acceptors (Lipinski definition) is 3. The maximum absolute atomic E-state index is 12.5. The summed E-state index contributed by atoms with van der Waals surface area (Å²) < 4.78 is 24.4. The Kier molecular flexibility index (Phi) is 3.82. The summed E-state index contributed by atoms with van der Waals surface area (Å²) in [6, 6.07) is 0. The van der Waals surface area contributed by atoms with Gasteiger partial charge in [0.05, 0.1) is 18.6 Å². The Balaban J connectivity index is 2.18. The SMILES string of the molecule is C=C(C(=O)C1CC2CCCC(C1)S2(=O)=O)[Si](C)(C)C. The molecule has 0 saturated carbocycles. The molecule has 5 heteroatoms. The van der Waals surface area contributed by atoms with Crippen molar-refractivity contribution in [2.45, 2.75) is 62.2 Å². The molecule has 3 nitrogen and oxygen atoms in total. The summed E-state index contributed by atoms with van der Waals surface area (Å²) in [5, 5.41) is 0.224. The third-order valence-corrected chi connectivity index (χ3v) is 9.42. The van der Waals surface area contributed by atoms with Gasteiger partial charge >= 0.3 is 0 Å². The summed E-state index contributed by atoms with van der Waals surface area (Å²) in [5.74, 6) is 0.0454. The molecule has 2 saturated heterocycles. The molecule has 19 heavy (non-hydrogen) atoms. The van der Waals surface area contributed by atoms with Crippen molar-refractivity contribution < 1.29 is 13.2 Å². The van der Waals surface area contributed by atoms with Crippen LogP contribution in [-0.2, 0) is 14.6 Å². The number of fused-ring (bicyclic) bond motifs is 2. The van der Waals surface area contributed by atoms with Crippen LogP contribution in [-0.4, -0.2) is 32.8 Å². The van der Waals surface area contributed by atoms with E-state index in [-0.39, 0.29) is 22.2 Å². The second-order valence-corrected chi connectivity index (χ2v) is 14.6. The van der Waals surface area contributed by atoms with Crippen LogP contribution in [0.3, 0.4) is 0 Å². The summed E-state index contributed by atoms with van der Waals surface area (Å²) in [7, 11) is -4.64. The molecule has 0 N–H and O–H groups in total. The van der Waals surface area contributed by atoms with E-state index >= 15 is 0 Å². The van der Waals surface area contributed by atoms with Crippen LogP contribution in [0, 0.1) is 5.92 Å². The molecule has 2 fully saturated rings. The normalized spacial score (nSPS) is 33.7. The third kappa shape index (κ3) is 2.72. The predicted octanol–water partition coefficient (Wildman–Crippen LogP) is 2.74. The molecule has 0 amide bonds. The summed E-state index contributed by atoms with van der Waals surface area (Å²) in [5.41, 5.74) is 0. The second kappa shape index (κ2) is 4.84. The highest BCUT2D eigenvalue weighted by atomic mass is 32.2. The lowest BCUT2D eigenvalue weighted by atomic mass is 9.86. The van der Waals surface area contributed by atoms with E-state index in [2.05, 4.69) is 26.2 Å². The van der Waals surface area contributed by atoms with Gasteiger partial charge in [0.15, 0.2) is 15.6 Å². The van der Waals surface area contributed by atoms with Crippen molar-refractivity contribution in [3.63, 3.8) is 0 Å². The van der Waals surface area contributed by atoms with Gasteiger partial charge in [-0.1, -0.05) is 32.6 Å². The first-order valence-corrected chi connectivity index (χ1v) is 12.2. The van der Waals surface area contributed by atoms with Gasteiger partial charge < -0.3 is 0 Å². The fourth-order valence-corrected chi connectivity index (χ4v) is 6.72. The molecule has 2 unspecified atom stereocenters. The van der Waals surface area contributed by atoms with Crippen LogP contribution in [0.4, 0.5) is 0 Å². The van der Waals surface area contributed by atoms with E-state index in [0.717, 1.165) is 24.5 Å². The van der Waals surface area contributed by atoms with Crippen molar-refractivity contribution in [3.05, 3.63) is 11.8 Å². The molecule has 2 heterocycles. The molecule has 0 aromatic carbocycles. The van der Waals surface area contributed by atoms with Gasteiger partial charge in [-0.2, -0.15) is 0 Å². The van der Waals surface area contributed by atoms with E-state index < -0.39 is 17.9 Å². The van der Waals surface area contributed by atoms with Gasteiger partial charge in [0.2, 0.25) is 0 Å². The van der Waals surface area contributed by atoms with Crippen LogP contribution < -0.4 is 0 Å². The smallest absolute Gasteiger partial charge is 0.157 e. The molecular weight excluding hydrogens is 276 g/mol. The minimum Gasteiger partial charge on any atom is -0.295 e. The molecule has 2 aliphatic rings. The molecule has 2 aliphatic heterocycles. The first kappa shape index (κ1) is 15.0. The average molecular weight is 300 g/mol. The molecule has 0 spiro atoms. The Morgan fingerprint density at radius 1 is 1.11 bits per heavy atom. The topological polar surface area (TPSA) is 51.2 Å². The molecule has 0 aliphatic carbocycles. The Hall–Kier alpha value is -0.423. The minimum absolute atomic E-state index is 0.0990. The van der Waals surface area contributed by atoms with Gasteiger partial charge in [-0.25, -0.2) is 8.42 Å². The Labute approximate surface area is 117 Å². The Bertz CT molecular complexity index is 481. The van der Waals surface area contributed by atoms with Gasteiger partial charge in [-0.3, -0.25) is 4.79 Å². The van der Waals surface area contributed by atoms with Crippen molar-refractivity contribution in [1.29, 1.82) is 0 Å². The molecule has 108 valence electrons. The molecule has 0 aromatic rings. The van der Waals surface area contributed by atoms with Gasteiger partial charge in [0.1, 0.15) is 0 Å². The zero-order chi connectivity index (χ0) is 14.4. The maximum atomic E-state index is 12.5. The van der Waals surface area contributed by atoms with Crippen molar-refractivity contribution in [3.8, 4) is 0 Å². The predicted molar refractivity (Wildman–Crippen MR) is 80.6 cm³/mol. The molecule has 2 rings (SSSR count). The zero-order valence-corrected chi connectivity index (χ0v) is 13.9. The molecule has 0 radical (unpaired) electrons. The molecule has 0 aromatic heterocycles. The fraction of sp³-hybridized carbons (Fsp3) is 0.786. The largest absolute Gasteiger partial charge is 0.295 e.